The first-order valence-electron chi connectivity index (χ1n) is 7.92. The molecule has 0 spiro atoms. The van der Waals surface area contributed by atoms with Crippen molar-refractivity contribution in [2.24, 2.45) is 0 Å². The lowest BCUT2D eigenvalue weighted by Crippen LogP contribution is -2.03. The number of imidazole rings is 1. The molecule has 0 saturated heterocycles. The summed E-state index contributed by atoms with van der Waals surface area (Å²) in [4.78, 5) is 16.2. The van der Waals surface area contributed by atoms with Crippen molar-refractivity contribution in [2.75, 3.05) is 7.11 Å². The SMILES string of the molecule is COC(=O)c1ccc2nc(C3=COC=C(C4=CC=CCC4)O3)cn2c1. The van der Waals surface area contributed by atoms with Gasteiger partial charge >= 0.3 is 5.97 Å². The number of aromatic nitrogens is 2. The van der Waals surface area contributed by atoms with Gasteiger partial charge in [0.05, 0.1) is 12.7 Å². The zero-order valence-electron chi connectivity index (χ0n) is 13.6. The van der Waals surface area contributed by atoms with Gasteiger partial charge in [0.15, 0.2) is 11.5 Å². The molecule has 6 heteroatoms. The first-order valence-corrected chi connectivity index (χ1v) is 7.92. The zero-order chi connectivity index (χ0) is 17.2. The Hall–Kier alpha value is -3.28. The maximum Gasteiger partial charge on any atom is 0.339 e. The standard InChI is InChI=1S/C19H16N2O4/c1-23-19(22)14-7-8-18-20-15(10-21(18)9-14)17-12-24-11-16(25-17)13-5-3-2-4-6-13/h2-3,5,7-12H,4,6H2,1H3. The Bertz CT molecular complexity index is 963. The molecule has 0 N–H and O–H groups in total. The van der Waals surface area contributed by atoms with Crippen molar-refractivity contribution in [3.05, 3.63) is 77.9 Å². The summed E-state index contributed by atoms with van der Waals surface area (Å²) in [6.45, 7) is 0. The van der Waals surface area contributed by atoms with Crippen molar-refractivity contribution < 1.29 is 19.0 Å². The Morgan fingerprint density at radius 1 is 1.24 bits per heavy atom. The van der Waals surface area contributed by atoms with Crippen LogP contribution in [-0.2, 0) is 14.2 Å². The number of carbonyl (C=O) groups excluding carboxylic acids is 1. The van der Waals surface area contributed by atoms with Crippen molar-refractivity contribution >= 4 is 17.4 Å². The van der Waals surface area contributed by atoms with Gasteiger partial charge in [-0.2, -0.15) is 0 Å². The van der Waals surface area contributed by atoms with Gasteiger partial charge in [-0.25, -0.2) is 9.78 Å². The monoisotopic (exact) mass is 336 g/mol. The van der Waals surface area contributed by atoms with Gasteiger partial charge in [-0.3, -0.25) is 0 Å². The Kier molecular flexibility index (Phi) is 3.85. The van der Waals surface area contributed by atoms with Crippen LogP contribution in [0.5, 0.6) is 0 Å². The van der Waals surface area contributed by atoms with Crippen LogP contribution >= 0.6 is 0 Å². The third-order valence-electron chi connectivity index (χ3n) is 4.02. The van der Waals surface area contributed by atoms with Gasteiger partial charge in [0.25, 0.3) is 0 Å². The normalized spacial score (nSPS) is 16.4. The van der Waals surface area contributed by atoms with Crippen LogP contribution in [0.25, 0.3) is 11.4 Å². The molecule has 3 heterocycles. The van der Waals surface area contributed by atoms with Crippen molar-refractivity contribution in [3.8, 4) is 0 Å². The Morgan fingerprint density at radius 2 is 2.12 bits per heavy atom. The molecule has 2 aromatic heterocycles. The fraction of sp³-hybridized carbons (Fsp3) is 0.158. The van der Waals surface area contributed by atoms with Gasteiger partial charge in [0.1, 0.15) is 23.9 Å². The van der Waals surface area contributed by atoms with E-state index in [4.69, 9.17) is 14.2 Å². The quantitative estimate of drug-likeness (QED) is 0.802. The molecule has 1 aliphatic heterocycles. The van der Waals surface area contributed by atoms with Crippen molar-refractivity contribution in [1.82, 2.24) is 9.38 Å². The molecule has 0 bridgehead atoms. The van der Waals surface area contributed by atoms with Crippen LogP contribution < -0.4 is 0 Å². The predicted octanol–water partition coefficient (Wildman–Crippen LogP) is 3.58. The fourth-order valence-electron chi connectivity index (χ4n) is 2.74. The molecule has 6 nitrogen and oxygen atoms in total. The van der Waals surface area contributed by atoms with Gasteiger partial charge in [-0.1, -0.05) is 18.2 Å². The van der Waals surface area contributed by atoms with Crippen LogP contribution in [0.4, 0.5) is 0 Å². The summed E-state index contributed by atoms with van der Waals surface area (Å²) in [5.41, 5.74) is 2.86. The van der Waals surface area contributed by atoms with Crippen LogP contribution in [0.1, 0.15) is 28.9 Å². The molecule has 4 rings (SSSR count). The number of ether oxygens (including phenoxy) is 3. The molecule has 2 aliphatic rings. The van der Waals surface area contributed by atoms with Gasteiger partial charge in [-0.05, 0) is 30.5 Å². The van der Waals surface area contributed by atoms with Crippen LogP contribution in [-0.4, -0.2) is 22.5 Å². The van der Waals surface area contributed by atoms with E-state index >= 15 is 0 Å². The third kappa shape index (κ3) is 2.94. The Morgan fingerprint density at radius 3 is 2.92 bits per heavy atom. The maximum atomic E-state index is 11.7. The second-order valence-electron chi connectivity index (χ2n) is 5.66. The van der Waals surface area contributed by atoms with Gasteiger partial charge in [-0.15, -0.1) is 0 Å². The van der Waals surface area contributed by atoms with Crippen molar-refractivity contribution in [1.29, 1.82) is 0 Å². The number of fused-ring (bicyclic) bond motifs is 1. The number of rotatable bonds is 3. The molecular formula is C19H16N2O4. The average molecular weight is 336 g/mol. The molecule has 0 saturated carbocycles. The molecule has 25 heavy (non-hydrogen) atoms. The molecule has 0 amide bonds. The van der Waals surface area contributed by atoms with Gasteiger partial charge in [0, 0.05) is 12.4 Å². The first kappa shape index (κ1) is 15.3. The second kappa shape index (κ2) is 6.32. The molecule has 1 aliphatic carbocycles. The number of methoxy groups -OCH3 is 1. The lowest BCUT2D eigenvalue weighted by atomic mass is 10.0. The Labute approximate surface area is 144 Å². The molecule has 0 radical (unpaired) electrons. The highest BCUT2D eigenvalue weighted by Gasteiger charge is 2.19. The molecule has 0 atom stereocenters. The molecule has 0 fully saturated rings. The van der Waals surface area contributed by atoms with E-state index in [1.54, 1.807) is 35.2 Å². The minimum Gasteiger partial charge on any atom is -0.465 e. The van der Waals surface area contributed by atoms with Crippen LogP contribution in [0.2, 0.25) is 0 Å². The van der Waals surface area contributed by atoms with E-state index in [1.807, 2.05) is 12.2 Å². The summed E-state index contributed by atoms with van der Waals surface area (Å²) in [6, 6.07) is 3.43. The highest BCUT2D eigenvalue weighted by molar-refractivity contribution is 5.89. The van der Waals surface area contributed by atoms with Gasteiger partial charge < -0.3 is 18.6 Å². The fourth-order valence-corrected chi connectivity index (χ4v) is 2.74. The predicted molar refractivity (Wildman–Crippen MR) is 91.2 cm³/mol. The van der Waals surface area contributed by atoms with Crippen molar-refractivity contribution in [3.63, 3.8) is 0 Å². The molecule has 2 aromatic rings. The summed E-state index contributed by atoms with van der Waals surface area (Å²) in [6.07, 6.45) is 14.6. The van der Waals surface area contributed by atoms with E-state index in [0.717, 1.165) is 18.4 Å². The van der Waals surface area contributed by atoms with Crippen LogP contribution in [0, 0.1) is 0 Å². The van der Waals surface area contributed by atoms with Crippen molar-refractivity contribution in [2.45, 2.75) is 12.8 Å². The molecule has 0 unspecified atom stereocenters. The van der Waals surface area contributed by atoms with E-state index in [0.29, 0.717) is 28.4 Å². The van der Waals surface area contributed by atoms with E-state index in [2.05, 4.69) is 11.1 Å². The Balaban J connectivity index is 1.61. The molecule has 126 valence electrons. The largest absolute Gasteiger partial charge is 0.465 e. The molecule has 0 aromatic carbocycles. The van der Waals surface area contributed by atoms with Gasteiger partial charge in [0.2, 0.25) is 0 Å². The lowest BCUT2D eigenvalue weighted by molar-refractivity contribution is 0.0600. The summed E-state index contributed by atoms with van der Waals surface area (Å²) in [5, 5.41) is 0. The second-order valence-corrected chi connectivity index (χ2v) is 5.66. The number of allylic oxidation sites excluding steroid dienone is 4. The average Bonchev–Trinajstić information content (AvgIpc) is 3.11. The minimum atomic E-state index is -0.392. The zero-order valence-corrected chi connectivity index (χ0v) is 13.6. The number of hydrogen-bond donors (Lipinski definition) is 0. The van der Waals surface area contributed by atoms with E-state index in [-0.39, 0.29) is 0 Å². The lowest BCUT2D eigenvalue weighted by Gasteiger charge is -2.18. The number of nitrogens with zero attached hydrogens (tertiary/aromatic N) is 2. The number of esters is 1. The number of pyridine rings is 1. The molecular weight excluding hydrogens is 320 g/mol. The highest BCUT2D eigenvalue weighted by atomic mass is 16.5. The van der Waals surface area contributed by atoms with E-state index in [9.17, 15) is 4.79 Å². The maximum absolute atomic E-state index is 11.7. The van der Waals surface area contributed by atoms with Crippen LogP contribution in [0.3, 0.4) is 0 Å². The highest BCUT2D eigenvalue weighted by Crippen LogP contribution is 2.30. The summed E-state index contributed by atoms with van der Waals surface area (Å²) >= 11 is 0. The smallest absolute Gasteiger partial charge is 0.339 e. The third-order valence-corrected chi connectivity index (χ3v) is 4.02. The minimum absolute atomic E-state index is 0.392. The van der Waals surface area contributed by atoms with E-state index < -0.39 is 5.97 Å². The summed E-state index contributed by atoms with van der Waals surface area (Å²) in [7, 11) is 1.35. The topological polar surface area (TPSA) is 62.1 Å². The first-order chi connectivity index (χ1) is 12.2. The van der Waals surface area contributed by atoms with E-state index in [1.165, 1.54) is 13.4 Å². The number of hydrogen-bond acceptors (Lipinski definition) is 5. The number of carbonyl (C=O) groups is 1. The van der Waals surface area contributed by atoms with Crippen LogP contribution in [0.15, 0.2) is 66.6 Å². The summed E-state index contributed by atoms with van der Waals surface area (Å²) < 4.78 is 17.9. The summed E-state index contributed by atoms with van der Waals surface area (Å²) in [5.74, 6) is 0.821.